The Morgan fingerprint density at radius 1 is 1.56 bits per heavy atom. The third-order valence-electron chi connectivity index (χ3n) is 1.99. The fourth-order valence-electron chi connectivity index (χ4n) is 1.21. The number of carboxylic acids is 1. The third-order valence-corrected chi connectivity index (χ3v) is 2.69. The Balaban J connectivity index is 3.01. The van der Waals surface area contributed by atoms with Gasteiger partial charge in [0.05, 0.1) is 0 Å². The van der Waals surface area contributed by atoms with Gasteiger partial charge in [0, 0.05) is 12.7 Å². The Morgan fingerprint density at radius 3 is 2.81 bits per heavy atom. The van der Waals surface area contributed by atoms with Crippen molar-refractivity contribution in [3.8, 4) is 0 Å². The summed E-state index contributed by atoms with van der Waals surface area (Å²) in [7, 11) is 0. The lowest BCUT2D eigenvalue weighted by atomic mass is 10.3. The summed E-state index contributed by atoms with van der Waals surface area (Å²) in [4.78, 5) is 35.1. The molecule has 0 saturated heterocycles. The molecule has 16 heavy (non-hydrogen) atoms. The first-order chi connectivity index (χ1) is 7.56. The SMILES string of the molecule is CSCCCn1cc(C(=O)O)c(=O)[nH]c1=O. The van der Waals surface area contributed by atoms with Gasteiger partial charge >= 0.3 is 11.7 Å². The van der Waals surface area contributed by atoms with E-state index in [0.29, 0.717) is 6.54 Å². The van der Waals surface area contributed by atoms with Crippen molar-refractivity contribution in [3.05, 3.63) is 32.6 Å². The molecule has 0 amide bonds. The molecule has 0 bridgehead atoms. The number of hydrogen-bond donors (Lipinski definition) is 2. The number of hydrogen-bond acceptors (Lipinski definition) is 4. The van der Waals surface area contributed by atoms with Gasteiger partial charge in [-0.3, -0.25) is 14.3 Å². The number of rotatable bonds is 5. The monoisotopic (exact) mass is 244 g/mol. The molecule has 1 aromatic rings. The van der Waals surface area contributed by atoms with Crippen molar-refractivity contribution in [1.82, 2.24) is 9.55 Å². The Labute approximate surface area is 95.3 Å². The van der Waals surface area contributed by atoms with Crippen molar-refractivity contribution in [2.45, 2.75) is 13.0 Å². The lowest BCUT2D eigenvalue weighted by molar-refractivity contribution is 0.0693. The zero-order valence-electron chi connectivity index (χ0n) is 8.73. The standard InChI is InChI=1S/C9H12N2O4S/c1-16-4-2-3-11-5-6(8(13)14)7(12)10-9(11)15/h5H,2-4H2,1H3,(H,13,14)(H,10,12,15). The van der Waals surface area contributed by atoms with Gasteiger partial charge in [0.15, 0.2) is 0 Å². The van der Waals surface area contributed by atoms with Crippen molar-refractivity contribution in [2.75, 3.05) is 12.0 Å². The summed E-state index contributed by atoms with van der Waals surface area (Å²) in [6, 6.07) is 0. The van der Waals surface area contributed by atoms with Crippen LogP contribution in [0.3, 0.4) is 0 Å². The number of carboxylic acid groups (broad SMARTS) is 1. The molecule has 7 heteroatoms. The number of thioether (sulfide) groups is 1. The number of H-pyrrole nitrogens is 1. The van der Waals surface area contributed by atoms with Crippen LogP contribution in [0.1, 0.15) is 16.8 Å². The van der Waals surface area contributed by atoms with Gasteiger partial charge in [0.1, 0.15) is 5.56 Å². The molecular formula is C9H12N2O4S. The number of carbonyl (C=O) groups is 1. The van der Waals surface area contributed by atoms with E-state index >= 15 is 0 Å². The van der Waals surface area contributed by atoms with Crippen LogP contribution in [-0.4, -0.2) is 32.6 Å². The van der Waals surface area contributed by atoms with E-state index in [2.05, 4.69) is 0 Å². The number of aromatic nitrogens is 2. The molecule has 0 aromatic carbocycles. The maximum absolute atomic E-state index is 11.3. The van der Waals surface area contributed by atoms with E-state index in [0.717, 1.165) is 18.4 Å². The molecule has 1 rings (SSSR count). The molecule has 0 aliphatic rings. The van der Waals surface area contributed by atoms with Crippen LogP contribution in [0.15, 0.2) is 15.8 Å². The third kappa shape index (κ3) is 2.99. The normalized spacial score (nSPS) is 10.3. The summed E-state index contributed by atoms with van der Waals surface area (Å²) < 4.78 is 1.21. The van der Waals surface area contributed by atoms with Crippen LogP contribution in [0.5, 0.6) is 0 Å². The van der Waals surface area contributed by atoms with Crippen LogP contribution in [-0.2, 0) is 6.54 Å². The molecule has 6 nitrogen and oxygen atoms in total. The van der Waals surface area contributed by atoms with E-state index < -0.39 is 22.8 Å². The second-order valence-electron chi connectivity index (χ2n) is 3.15. The fourth-order valence-corrected chi connectivity index (χ4v) is 1.62. The highest BCUT2D eigenvalue weighted by molar-refractivity contribution is 7.98. The van der Waals surface area contributed by atoms with Crippen LogP contribution in [0.4, 0.5) is 0 Å². The average Bonchev–Trinajstić information content (AvgIpc) is 2.21. The van der Waals surface area contributed by atoms with Crippen LogP contribution >= 0.6 is 11.8 Å². The van der Waals surface area contributed by atoms with E-state index in [-0.39, 0.29) is 0 Å². The van der Waals surface area contributed by atoms with E-state index in [1.165, 1.54) is 4.57 Å². The molecular weight excluding hydrogens is 232 g/mol. The molecule has 1 heterocycles. The summed E-state index contributed by atoms with van der Waals surface area (Å²) >= 11 is 1.64. The predicted molar refractivity (Wildman–Crippen MR) is 61.3 cm³/mol. The molecule has 88 valence electrons. The highest BCUT2D eigenvalue weighted by Crippen LogP contribution is 1.97. The zero-order chi connectivity index (χ0) is 12.1. The molecule has 2 N–H and O–H groups in total. The van der Waals surface area contributed by atoms with E-state index in [1.54, 1.807) is 11.8 Å². The van der Waals surface area contributed by atoms with Gasteiger partial charge in [-0.15, -0.1) is 0 Å². The summed E-state index contributed by atoms with van der Waals surface area (Å²) in [6.07, 6.45) is 3.77. The summed E-state index contributed by atoms with van der Waals surface area (Å²) in [5.41, 5.74) is -1.85. The smallest absolute Gasteiger partial charge is 0.342 e. The number of nitrogens with one attached hydrogen (secondary N) is 1. The molecule has 0 saturated carbocycles. The minimum Gasteiger partial charge on any atom is -0.477 e. The van der Waals surface area contributed by atoms with Crippen molar-refractivity contribution in [3.63, 3.8) is 0 Å². The number of nitrogens with zero attached hydrogens (tertiary/aromatic N) is 1. The zero-order valence-corrected chi connectivity index (χ0v) is 9.54. The highest BCUT2D eigenvalue weighted by Gasteiger charge is 2.10. The van der Waals surface area contributed by atoms with Crippen molar-refractivity contribution < 1.29 is 9.90 Å². The summed E-state index contributed by atoms with van der Waals surface area (Å²) in [5, 5.41) is 8.71. The molecule has 0 aliphatic heterocycles. The molecule has 1 aromatic heterocycles. The Hall–Kier alpha value is -1.50. The van der Waals surface area contributed by atoms with Gasteiger partial charge in [0.25, 0.3) is 5.56 Å². The van der Waals surface area contributed by atoms with Crippen LogP contribution in [0.25, 0.3) is 0 Å². The lowest BCUT2D eigenvalue weighted by Crippen LogP contribution is -2.33. The minimum absolute atomic E-state index is 0.400. The molecule has 0 unspecified atom stereocenters. The fraction of sp³-hybridized carbons (Fsp3) is 0.444. The highest BCUT2D eigenvalue weighted by atomic mass is 32.2. The van der Waals surface area contributed by atoms with Gasteiger partial charge in [-0.1, -0.05) is 0 Å². The first-order valence-electron chi connectivity index (χ1n) is 4.62. The number of aromatic amines is 1. The largest absolute Gasteiger partial charge is 0.477 e. The lowest BCUT2D eigenvalue weighted by Gasteiger charge is -2.04. The molecule has 0 fully saturated rings. The topological polar surface area (TPSA) is 92.2 Å². The predicted octanol–water partition coefficient (Wildman–Crippen LogP) is -0.0121. The Kier molecular flexibility index (Phi) is 4.36. The van der Waals surface area contributed by atoms with Gasteiger partial charge in [-0.05, 0) is 18.4 Å². The molecule has 0 atom stereocenters. The van der Waals surface area contributed by atoms with Gasteiger partial charge < -0.3 is 5.11 Å². The summed E-state index contributed by atoms with van der Waals surface area (Å²) in [6.45, 7) is 0.400. The van der Waals surface area contributed by atoms with Gasteiger partial charge in [-0.25, -0.2) is 9.59 Å². The van der Waals surface area contributed by atoms with Crippen LogP contribution < -0.4 is 11.2 Å². The van der Waals surface area contributed by atoms with Crippen LogP contribution in [0, 0.1) is 0 Å². The van der Waals surface area contributed by atoms with Crippen molar-refractivity contribution >= 4 is 17.7 Å². The molecule has 0 spiro atoms. The first kappa shape index (κ1) is 12.6. The average molecular weight is 244 g/mol. The minimum atomic E-state index is -1.33. The van der Waals surface area contributed by atoms with Crippen molar-refractivity contribution in [2.24, 2.45) is 0 Å². The van der Waals surface area contributed by atoms with E-state index in [9.17, 15) is 14.4 Å². The Morgan fingerprint density at radius 2 is 2.25 bits per heavy atom. The second-order valence-corrected chi connectivity index (χ2v) is 4.13. The van der Waals surface area contributed by atoms with E-state index in [1.807, 2.05) is 11.2 Å². The first-order valence-corrected chi connectivity index (χ1v) is 6.01. The van der Waals surface area contributed by atoms with E-state index in [4.69, 9.17) is 5.11 Å². The number of aromatic carboxylic acids is 1. The van der Waals surface area contributed by atoms with Gasteiger partial charge in [0.2, 0.25) is 0 Å². The second kappa shape index (κ2) is 5.55. The van der Waals surface area contributed by atoms with Gasteiger partial charge in [-0.2, -0.15) is 11.8 Å². The maximum atomic E-state index is 11.3. The number of aryl methyl sites for hydroxylation is 1. The quantitative estimate of drug-likeness (QED) is 0.711. The summed E-state index contributed by atoms with van der Waals surface area (Å²) in [5.74, 6) is -0.464. The van der Waals surface area contributed by atoms with Crippen molar-refractivity contribution in [1.29, 1.82) is 0 Å². The van der Waals surface area contributed by atoms with Crippen LogP contribution in [0.2, 0.25) is 0 Å². The molecule has 0 radical (unpaired) electrons. The Bertz CT molecular complexity index is 491. The maximum Gasteiger partial charge on any atom is 0.342 e. The molecule has 0 aliphatic carbocycles.